The maximum atomic E-state index is 13.5. The molecule has 2 aromatic heterocycles. The number of aromatic nitrogens is 1. The van der Waals surface area contributed by atoms with E-state index in [-0.39, 0.29) is 21.4 Å². The summed E-state index contributed by atoms with van der Waals surface area (Å²) in [7, 11) is -2.30. The fourth-order valence-corrected chi connectivity index (χ4v) is 4.86. The summed E-state index contributed by atoms with van der Waals surface area (Å²) < 4.78 is 39.0. The zero-order valence-electron chi connectivity index (χ0n) is 16.9. The predicted molar refractivity (Wildman–Crippen MR) is 109 cm³/mol. The number of aryl methyl sites for hydroxylation is 1. The second kappa shape index (κ2) is 8.26. The summed E-state index contributed by atoms with van der Waals surface area (Å²) in [5, 5.41) is 2.73. The van der Waals surface area contributed by atoms with Gasteiger partial charge in [0.1, 0.15) is 10.7 Å². The number of hydrogen-bond donors (Lipinski definition) is 1. The molecule has 0 aliphatic heterocycles. The topological polar surface area (TPSA) is 90.5 Å². The van der Waals surface area contributed by atoms with Crippen molar-refractivity contribution in [3.05, 3.63) is 65.2 Å². The van der Waals surface area contributed by atoms with E-state index in [9.17, 15) is 13.2 Å². The van der Waals surface area contributed by atoms with E-state index in [2.05, 4.69) is 5.32 Å². The maximum absolute atomic E-state index is 13.5. The van der Waals surface area contributed by atoms with Crippen LogP contribution in [0.2, 0.25) is 0 Å². The maximum Gasteiger partial charge on any atom is 0.292 e. The highest BCUT2D eigenvalue weighted by Gasteiger charge is 2.31. The molecule has 1 N–H and O–H groups in total. The Balaban J connectivity index is 2.17. The van der Waals surface area contributed by atoms with Crippen molar-refractivity contribution in [1.29, 1.82) is 0 Å². The summed E-state index contributed by atoms with van der Waals surface area (Å²) >= 11 is 0. The minimum absolute atomic E-state index is 0.0786. The molecular formula is C21H24N2O5S. The number of hydrogen-bond acceptors (Lipinski definition) is 5. The van der Waals surface area contributed by atoms with Crippen LogP contribution >= 0.6 is 0 Å². The SMILES string of the molecule is COCCn1c(C)c(C)c(S(=O)(=O)c2ccc(C)cc2)c1NC(=O)c1ccco1. The van der Waals surface area contributed by atoms with Crippen LogP contribution in [0.1, 0.15) is 27.4 Å². The van der Waals surface area contributed by atoms with Gasteiger partial charge in [-0.15, -0.1) is 0 Å². The van der Waals surface area contributed by atoms with Crippen LogP contribution in [-0.2, 0) is 21.1 Å². The molecule has 0 fully saturated rings. The lowest BCUT2D eigenvalue weighted by atomic mass is 10.2. The Morgan fingerprint density at radius 1 is 1.14 bits per heavy atom. The number of nitrogens with zero attached hydrogens (tertiary/aromatic N) is 1. The average molecular weight is 416 g/mol. The molecule has 0 unspecified atom stereocenters. The van der Waals surface area contributed by atoms with Crippen molar-refractivity contribution in [3.63, 3.8) is 0 Å². The molecular weight excluding hydrogens is 392 g/mol. The number of amides is 1. The highest BCUT2D eigenvalue weighted by molar-refractivity contribution is 7.91. The quantitative estimate of drug-likeness (QED) is 0.634. The van der Waals surface area contributed by atoms with Crippen LogP contribution in [-0.4, -0.2) is 32.6 Å². The summed E-state index contributed by atoms with van der Waals surface area (Å²) in [5.74, 6) is -0.218. The summed E-state index contributed by atoms with van der Waals surface area (Å²) in [4.78, 5) is 12.9. The standard InChI is InChI=1S/C21H24N2O5S/c1-14-7-9-17(10-8-14)29(25,26)19-15(2)16(3)23(11-13-27-4)20(19)22-21(24)18-6-5-12-28-18/h5-10,12H,11,13H2,1-4H3,(H,22,24). The number of carbonyl (C=O) groups excluding carboxylic acids is 1. The molecule has 0 saturated heterocycles. The summed E-state index contributed by atoms with van der Waals surface area (Å²) in [6, 6.07) is 9.76. The van der Waals surface area contributed by atoms with E-state index in [4.69, 9.17) is 9.15 Å². The summed E-state index contributed by atoms with van der Waals surface area (Å²) in [5.41, 5.74) is 2.28. The molecule has 0 aliphatic carbocycles. The number of carbonyl (C=O) groups is 1. The molecule has 1 amide bonds. The molecule has 29 heavy (non-hydrogen) atoms. The lowest BCUT2D eigenvalue weighted by molar-refractivity contribution is 0.0995. The van der Waals surface area contributed by atoms with Gasteiger partial charge in [-0.25, -0.2) is 8.42 Å². The molecule has 0 aliphatic rings. The van der Waals surface area contributed by atoms with E-state index < -0.39 is 15.7 Å². The lowest BCUT2D eigenvalue weighted by Crippen LogP contribution is -2.18. The van der Waals surface area contributed by atoms with Gasteiger partial charge in [0.2, 0.25) is 9.84 Å². The largest absolute Gasteiger partial charge is 0.459 e. The Kier molecular flexibility index (Phi) is 5.95. The van der Waals surface area contributed by atoms with Crippen molar-refractivity contribution in [3.8, 4) is 0 Å². The first-order chi connectivity index (χ1) is 13.8. The fraction of sp³-hybridized carbons (Fsp3) is 0.286. The molecule has 1 aromatic carbocycles. The van der Waals surface area contributed by atoms with Gasteiger partial charge >= 0.3 is 0 Å². The normalized spacial score (nSPS) is 11.6. The first kappa shape index (κ1) is 20.9. The number of rotatable bonds is 7. The predicted octanol–water partition coefficient (Wildman–Crippen LogP) is 3.74. The first-order valence-electron chi connectivity index (χ1n) is 9.12. The van der Waals surface area contributed by atoms with E-state index in [0.717, 1.165) is 11.3 Å². The molecule has 0 atom stereocenters. The monoisotopic (exact) mass is 416 g/mol. The van der Waals surface area contributed by atoms with Gasteiger partial charge in [-0.2, -0.15) is 0 Å². The Labute approximate surface area is 170 Å². The van der Waals surface area contributed by atoms with Crippen LogP contribution in [0.3, 0.4) is 0 Å². The molecule has 154 valence electrons. The smallest absolute Gasteiger partial charge is 0.292 e. The van der Waals surface area contributed by atoms with Gasteiger partial charge in [0.05, 0.1) is 17.8 Å². The molecule has 0 spiro atoms. The van der Waals surface area contributed by atoms with Crippen LogP contribution in [0, 0.1) is 20.8 Å². The van der Waals surface area contributed by atoms with Gasteiger partial charge in [0.15, 0.2) is 5.76 Å². The highest BCUT2D eigenvalue weighted by Crippen LogP contribution is 2.35. The van der Waals surface area contributed by atoms with E-state index >= 15 is 0 Å². The minimum Gasteiger partial charge on any atom is -0.459 e. The van der Waals surface area contributed by atoms with Gasteiger partial charge in [-0.1, -0.05) is 17.7 Å². The Morgan fingerprint density at radius 2 is 1.83 bits per heavy atom. The lowest BCUT2D eigenvalue weighted by Gasteiger charge is -2.13. The van der Waals surface area contributed by atoms with Gasteiger partial charge in [0, 0.05) is 19.3 Å². The number of nitrogens with one attached hydrogen (secondary N) is 1. The second-order valence-electron chi connectivity index (χ2n) is 6.78. The average Bonchev–Trinajstić information content (AvgIpc) is 3.29. The highest BCUT2D eigenvalue weighted by atomic mass is 32.2. The zero-order valence-corrected chi connectivity index (χ0v) is 17.7. The number of benzene rings is 1. The van der Waals surface area contributed by atoms with E-state index in [1.807, 2.05) is 13.8 Å². The third-order valence-electron chi connectivity index (χ3n) is 4.87. The van der Waals surface area contributed by atoms with Crippen LogP contribution in [0.5, 0.6) is 0 Å². The van der Waals surface area contributed by atoms with Crippen LogP contribution < -0.4 is 5.32 Å². The molecule has 0 radical (unpaired) electrons. The second-order valence-corrected chi connectivity index (χ2v) is 8.67. The fourth-order valence-electron chi connectivity index (χ4n) is 3.16. The molecule has 7 nitrogen and oxygen atoms in total. The molecule has 2 heterocycles. The van der Waals surface area contributed by atoms with Crippen molar-refractivity contribution in [2.45, 2.75) is 37.1 Å². The van der Waals surface area contributed by atoms with Crippen LogP contribution in [0.4, 0.5) is 5.82 Å². The Bertz CT molecular complexity index is 1110. The van der Waals surface area contributed by atoms with Gasteiger partial charge in [-0.05, 0) is 50.6 Å². The molecule has 3 aromatic rings. The molecule has 0 bridgehead atoms. The van der Waals surface area contributed by atoms with Crippen LogP contribution in [0.15, 0.2) is 56.9 Å². The molecule has 8 heteroatoms. The van der Waals surface area contributed by atoms with E-state index in [1.165, 1.54) is 12.3 Å². The van der Waals surface area contributed by atoms with Crippen molar-refractivity contribution in [1.82, 2.24) is 4.57 Å². The summed E-state index contributed by atoms with van der Waals surface area (Å²) in [6.07, 6.45) is 1.39. The van der Waals surface area contributed by atoms with Gasteiger partial charge < -0.3 is 19.0 Å². The number of furan rings is 1. The van der Waals surface area contributed by atoms with Crippen molar-refractivity contribution in [2.24, 2.45) is 0 Å². The van der Waals surface area contributed by atoms with Gasteiger partial charge in [-0.3, -0.25) is 4.79 Å². The molecule has 3 rings (SSSR count). The third kappa shape index (κ3) is 3.99. The van der Waals surface area contributed by atoms with Gasteiger partial charge in [0.25, 0.3) is 5.91 Å². The third-order valence-corrected chi connectivity index (χ3v) is 6.80. The number of ether oxygens (including phenoxy) is 1. The van der Waals surface area contributed by atoms with E-state index in [0.29, 0.717) is 18.7 Å². The number of anilines is 1. The number of methoxy groups -OCH3 is 1. The first-order valence-corrected chi connectivity index (χ1v) is 10.6. The summed E-state index contributed by atoms with van der Waals surface area (Å²) in [6.45, 7) is 6.20. The van der Waals surface area contributed by atoms with Crippen molar-refractivity contribution < 1.29 is 22.4 Å². The van der Waals surface area contributed by atoms with Crippen LogP contribution in [0.25, 0.3) is 0 Å². The van der Waals surface area contributed by atoms with Crippen molar-refractivity contribution >= 4 is 21.6 Å². The van der Waals surface area contributed by atoms with Crippen molar-refractivity contribution in [2.75, 3.05) is 19.0 Å². The molecule has 0 saturated carbocycles. The Morgan fingerprint density at radius 3 is 2.41 bits per heavy atom. The zero-order chi connectivity index (χ0) is 21.2. The Hall–Kier alpha value is -2.84. The number of sulfone groups is 1. The minimum atomic E-state index is -3.87. The van der Waals surface area contributed by atoms with E-state index in [1.54, 1.807) is 48.9 Å².